The van der Waals surface area contributed by atoms with E-state index in [1.165, 1.54) is 0 Å². The van der Waals surface area contributed by atoms with Gasteiger partial charge in [0.15, 0.2) is 9.84 Å². The van der Waals surface area contributed by atoms with E-state index in [1.54, 1.807) is 25.1 Å². The van der Waals surface area contributed by atoms with Crippen molar-refractivity contribution in [1.82, 2.24) is 15.0 Å². The number of pyridine rings is 1. The summed E-state index contributed by atoms with van der Waals surface area (Å²) in [6.45, 7) is 4.32. The Labute approximate surface area is 220 Å². The molecule has 0 amide bonds. The Morgan fingerprint density at radius 2 is 1.84 bits per heavy atom. The Hall–Kier alpha value is -3.31. The van der Waals surface area contributed by atoms with E-state index in [4.69, 9.17) is 4.74 Å². The maximum Gasteiger partial charge on any atom is 0.277 e. The molecular formula is C27H29F2N5O3S. The maximum atomic E-state index is 13.6. The predicted octanol–water partition coefficient (Wildman–Crippen LogP) is 5.36. The summed E-state index contributed by atoms with van der Waals surface area (Å²) in [5.41, 5.74) is 4.14. The zero-order chi connectivity index (χ0) is 27.0. The average Bonchev–Trinajstić information content (AvgIpc) is 3.28. The number of benzene rings is 1. The van der Waals surface area contributed by atoms with Gasteiger partial charge in [0.1, 0.15) is 11.5 Å². The van der Waals surface area contributed by atoms with Crippen LogP contribution in [0.25, 0.3) is 0 Å². The maximum absolute atomic E-state index is 13.6. The summed E-state index contributed by atoms with van der Waals surface area (Å²) < 4.78 is 58.5. The highest BCUT2D eigenvalue weighted by atomic mass is 32.2. The molecule has 0 bridgehead atoms. The van der Waals surface area contributed by atoms with Gasteiger partial charge in [-0.1, -0.05) is 6.07 Å². The number of alkyl halides is 2. The summed E-state index contributed by atoms with van der Waals surface area (Å²) >= 11 is 0. The van der Waals surface area contributed by atoms with E-state index < -0.39 is 16.3 Å². The molecule has 1 saturated heterocycles. The number of aliphatic imine (C=N–C) groups is 1. The van der Waals surface area contributed by atoms with Crippen LogP contribution in [-0.2, 0) is 27.4 Å². The largest absolute Gasteiger partial charge is 0.374 e. The Balaban J connectivity index is 1.55. The van der Waals surface area contributed by atoms with Gasteiger partial charge in [0.25, 0.3) is 6.43 Å². The number of rotatable bonds is 7. The summed E-state index contributed by atoms with van der Waals surface area (Å²) in [5.74, 6) is 0.627. The van der Waals surface area contributed by atoms with E-state index in [0.717, 1.165) is 42.5 Å². The molecule has 1 fully saturated rings. The van der Waals surface area contributed by atoms with Crippen molar-refractivity contribution in [2.24, 2.45) is 4.99 Å². The molecule has 0 aliphatic carbocycles. The number of sulfone groups is 1. The number of ether oxygens (including phenoxy) is 1. The molecule has 2 aliphatic rings. The van der Waals surface area contributed by atoms with Crippen LogP contribution in [0.5, 0.6) is 0 Å². The molecule has 1 atom stereocenters. The minimum absolute atomic E-state index is 0.0752. The lowest BCUT2D eigenvalue weighted by atomic mass is 10.0. The van der Waals surface area contributed by atoms with Crippen molar-refractivity contribution in [3.05, 3.63) is 64.5 Å². The van der Waals surface area contributed by atoms with Crippen molar-refractivity contribution in [2.45, 2.75) is 63.4 Å². The summed E-state index contributed by atoms with van der Waals surface area (Å²) in [6, 6.07) is 8.74. The van der Waals surface area contributed by atoms with Crippen LogP contribution >= 0.6 is 0 Å². The third kappa shape index (κ3) is 5.73. The molecule has 8 nitrogen and oxygen atoms in total. The fraction of sp³-hybridized carbons (Fsp3) is 0.407. The second-order valence-corrected chi connectivity index (χ2v) is 11.8. The zero-order valence-electron chi connectivity index (χ0n) is 21.5. The SMILES string of the molecule is Cc1cc(Cc2cc(Nc3ccc([C@H]4CCCCO4)cc3S(C)(=O)=O)c3c(n2)CC(C(F)F)=N3)nc(C)n1. The van der Waals surface area contributed by atoms with Crippen LogP contribution in [0, 0.1) is 13.8 Å². The first-order valence-electron chi connectivity index (χ1n) is 12.5. The number of hydrogen-bond donors (Lipinski definition) is 1. The van der Waals surface area contributed by atoms with Crippen LogP contribution < -0.4 is 5.32 Å². The van der Waals surface area contributed by atoms with Gasteiger partial charge in [-0.3, -0.25) is 4.98 Å². The molecule has 0 spiro atoms. The monoisotopic (exact) mass is 541 g/mol. The van der Waals surface area contributed by atoms with E-state index in [0.29, 0.717) is 47.3 Å². The second-order valence-electron chi connectivity index (χ2n) is 9.77. The minimum atomic E-state index is -3.63. The molecule has 11 heteroatoms. The molecular weight excluding hydrogens is 512 g/mol. The first kappa shape index (κ1) is 26.3. The molecule has 1 N–H and O–H groups in total. The number of hydrogen-bond acceptors (Lipinski definition) is 8. The van der Waals surface area contributed by atoms with E-state index in [9.17, 15) is 17.2 Å². The third-order valence-electron chi connectivity index (χ3n) is 6.58. The van der Waals surface area contributed by atoms with Crippen molar-refractivity contribution in [3.8, 4) is 0 Å². The van der Waals surface area contributed by atoms with E-state index >= 15 is 0 Å². The molecule has 0 saturated carbocycles. The number of aromatic nitrogens is 3. The molecule has 1 aromatic carbocycles. The van der Waals surface area contributed by atoms with Gasteiger partial charge in [-0.2, -0.15) is 0 Å². The van der Waals surface area contributed by atoms with E-state index in [-0.39, 0.29) is 23.1 Å². The third-order valence-corrected chi connectivity index (χ3v) is 7.72. The van der Waals surface area contributed by atoms with Crippen LogP contribution in [0.1, 0.15) is 59.5 Å². The summed E-state index contributed by atoms with van der Waals surface area (Å²) in [5, 5.41) is 3.17. The van der Waals surface area contributed by atoms with Crippen LogP contribution in [0.3, 0.4) is 0 Å². The molecule has 38 heavy (non-hydrogen) atoms. The van der Waals surface area contributed by atoms with Gasteiger partial charge < -0.3 is 10.1 Å². The van der Waals surface area contributed by atoms with Crippen LogP contribution in [-0.4, -0.2) is 48.4 Å². The number of aryl methyl sites for hydroxylation is 2. The lowest BCUT2D eigenvalue weighted by Crippen LogP contribution is -2.13. The predicted molar refractivity (Wildman–Crippen MR) is 141 cm³/mol. The van der Waals surface area contributed by atoms with Crippen molar-refractivity contribution < 1.29 is 21.9 Å². The Morgan fingerprint density at radius 3 is 2.53 bits per heavy atom. The molecule has 5 rings (SSSR count). The highest BCUT2D eigenvalue weighted by molar-refractivity contribution is 7.90. The van der Waals surface area contributed by atoms with Gasteiger partial charge in [0, 0.05) is 37.1 Å². The smallest absolute Gasteiger partial charge is 0.277 e. The Kier molecular flexibility index (Phi) is 7.23. The molecule has 0 unspecified atom stereocenters. The van der Waals surface area contributed by atoms with Crippen LogP contribution in [0.2, 0.25) is 0 Å². The molecule has 2 aromatic heterocycles. The second kappa shape index (κ2) is 10.5. The zero-order valence-corrected chi connectivity index (χ0v) is 22.3. The minimum Gasteiger partial charge on any atom is -0.374 e. The van der Waals surface area contributed by atoms with Gasteiger partial charge in [-0.15, -0.1) is 0 Å². The Bertz CT molecular complexity index is 1500. The van der Waals surface area contributed by atoms with Gasteiger partial charge in [0.2, 0.25) is 0 Å². The van der Waals surface area contributed by atoms with Gasteiger partial charge in [0.05, 0.1) is 39.5 Å². The van der Waals surface area contributed by atoms with E-state index in [1.807, 2.05) is 19.1 Å². The number of nitrogens with one attached hydrogen (secondary N) is 1. The first-order chi connectivity index (χ1) is 18.1. The Morgan fingerprint density at radius 1 is 1.05 bits per heavy atom. The van der Waals surface area contributed by atoms with Crippen molar-refractivity contribution in [3.63, 3.8) is 0 Å². The highest BCUT2D eigenvalue weighted by Gasteiger charge is 2.27. The lowest BCUT2D eigenvalue weighted by Gasteiger charge is -2.24. The highest BCUT2D eigenvalue weighted by Crippen LogP contribution is 2.39. The summed E-state index contributed by atoms with van der Waals surface area (Å²) in [7, 11) is -3.63. The summed E-state index contributed by atoms with van der Waals surface area (Å²) in [6.07, 6.45) is 1.38. The molecule has 0 radical (unpaired) electrons. The quantitative estimate of drug-likeness (QED) is 0.429. The average molecular weight is 542 g/mol. The number of anilines is 2. The molecule has 200 valence electrons. The lowest BCUT2D eigenvalue weighted by molar-refractivity contribution is 0.0148. The van der Waals surface area contributed by atoms with Crippen LogP contribution in [0.15, 0.2) is 40.2 Å². The fourth-order valence-corrected chi connectivity index (χ4v) is 5.80. The van der Waals surface area contributed by atoms with Crippen molar-refractivity contribution in [2.75, 3.05) is 18.2 Å². The standard InChI is InChI=1S/C27H29F2N5O3S/c1-15-10-18(31-16(2)30-15)12-19-13-21(26-22(32-19)14-23(34-26)27(28)29)33-20-8-7-17(11-25(20)38(3,35)36)24-6-4-5-9-37-24/h7-8,10-11,13,24,27H,4-6,9,12,14H2,1-3H3,(H,32,33)/t24-/m1/s1. The van der Waals surface area contributed by atoms with Crippen molar-refractivity contribution in [1.29, 1.82) is 0 Å². The molecule has 2 aliphatic heterocycles. The number of nitrogens with zero attached hydrogens (tertiary/aromatic N) is 4. The summed E-state index contributed by atoms with van der Waals surface area (Å²) in [4.78, 5) is 17.6. The van der Waals surface area contributed by atoms with Gasteiger partial charge >= 0.3 is 0 Å². The molecule has 4 heterocycles. The molecule has 3 aromatic rings. The topological polar surface area (TPSA) is 106 Å². The van der Waals surface area contributed by atoms with Crippen molar-refractivity contribution >= 4 is 32.6 Å². The van der Waals surface area contributed by atoms with Gasteiger partial charge in [-0.25, -0.2) is 32.2 Å². The number of halogens is 2. The number of fused-ring (bicyclic) bond motifs is 1. The van der Waals surface area contributed by atoms with Gasteiger partial charge in [-0.05, 0) is 62.9 Å². The first-order valence-corrected chi connectivity index (χ1v) is 14.4. The van der Waals surface area contributed by atoms with Crippen LogP contribution in [0.4, 0.5) is 25.8 Å². The van der Waals surface area contributed by atoms with E-state index in [2.05, 4.69) is 25.3 Å². The normalized spacial score (nSPS) is 17.4. The fourth-order valence-electron chi connectivity index (χ4n) is 4.93.